The topological polar surface area (TPSA) is 21.3 Å². The Balaban J connectivity index is 1.95. The molecule has 0 saturated carbocycles. The lowest BCUT2D eigenvalue weighted by atomic mass is 10.1. The fourth-order valence-electron chi connectivity index (χ4n) is 2.82. The maximum absolute atomic E-state index is 6.16. The van der Waals surface area contributed by atoms with Gasteiger partial charge in [-0.3, -0.25) is 0 Å². The largest absolute Gasteiger partial charge is 0.493 e. The summed E-state index contributed by atoms with van der Waals surface area (Å²) in [5.41, 5.74) is 3.63. The lowest BCUT2D eigenvalue weighted by Crippen LogP contribution is -2.08. The van der Waals surface area contributed by atoms with Gasteiger partial charge in [-0.05, 0) is 58.1 Å². The number of ether oxygens (including phenoxy) is 1. The molecule has 0 amide bonds. The molecule has 1 aliphatic rings. The second kappa shape index (κ2) is 6.19. The normalized spacial score (nSPS) is 16.7. The van der Waals surface area contributed by atoms with E-state index in [4.69, 9.17) is 16.3 Å². The van der Waals surface area contributed by atoms with Crippen molar-refractivity contribution in [2.45, 2.75) is 18.9 Å². The first-order valence-electron chi connectivity index (χ1n) is 6.67. The second-order valence-corrected chi connectivity index (χ2v) is 7.16. The molecule has 0 heterocycles. The maximum atomic E-state index is 6.16. The highest BCUT2D eigenvalue weighted by atomic mass is 79.9. The molecule has 110 valence electrons. The molecule has 0 spiro atoms. The second-order valence-electron chi connectivity index (χ2n) is 5.01. The maximum Gasteiger partial charge on any atom is 0.156 e. The Labute approximate surface area is 146 Å². The van der Waals surface area contributed by atoms with Gasteiger partial charge in [0.2, 0.25) is 0 Å². The summed E-state index contributed by atoms with van der Waals surface area (Å²) in [6.45, 7) is 0. The van der Waals surface area contributed by atoms with E-state index in [-0.39, 0.29) is 6.04 Å². The van der Waals surface area contributed by atoms with Crippen LogP contribution in [0.2, 0.25) is 5.02 Å². The quantitative estimate of drug-likeness (QED) is 0.646. The first-order valence-corrected chi connectivity index (χ1v) is 8.63. The molecule has 1 atom stereocenters. The van der Waals surface area contributed by atoms with E-state index in [2.05, 4.69) is 55.4 Å². The summed E-state index contributed by atoms with van der Waals surface area (Å²) in [4.78, 5) is 0. The predicted octanol–water partition coefficient (Wildman–Crippen LogP) is 5.97. The molecular formula is C16H14Br2ClNO. The number of hydrogen-bond acceptors (Lipinski definition) is 2. The van der Waals surface area contributed by atoms with Crippen molar-refractivity contribution < 1.29 is 4.74 Å². The molecule has 21 heavy (non-hydrogen) atoms. The Morgan fingerprint density at radius 3 is 2.81 bits per heavy atom. The molecule has 2 nitrogen and oxygen atoms in total. The van der Waals surface area contributed by atoms with Gasteiger partial charge < -0.3 is 10.1 Å². The Bertz CT molecular complexity index is 690. The minimum atomic E-state index is 0.275. The number of rotatable bonds is 3. The van der Waals surface area contributed by atoms with E-state index in [9.17, 15) is 0 Å². The number of halogens is 3. The van der Waals surface area contributed by atoms with Crippen molar-refractivity contribution in [3.8, 4) is 5.75 Å². The molecule has 0 bridgehead atoms. The van der Waals surface area contributed by atoms with E-state index >= 15 is 0 Å². The van der Waals surface area contributed by atoms with Crippen LogP contribution >= 0.6 is 43.5 Å². The van der Waals surface area contributed by atoms with Crippen LogP contribution < -0.4 is 10.1 Å². The highest BCUT2D eigenvalue weighted by Crippen LogP contribution is 2.42. The molecule has 0 fully saturated rings. The van der Waals surface area contributed by atoms with Gasteiger partial charge in [-0.15, -0.1) is 0 Å². The number of nitrogens with one attached hydrogen (secondary N) is 1. The Kier molecular flexibility index (Phi) is 4.48. The van der Waals surface area contributed by atoms with Crippen molar-refractivity contribution in [1.82, 2.24) is 0 Å². The molecule has 2 aromatic carbocycles. The lowest BCUT2D eigenvalue weighted by molar-refractivity contribution is 0.413. The molecule has 3 rings (SSSR count). The van der Waals surface area contributed by atoms with Gasteiger partial charge in [-0.25, -0.2) is 0 Å². The summed E-state index contributed by atoms with van der Waals surface area (Å²) in [5.74, 6) is 0.780. The van der Waals surface area contributed by atoms with Crippen molar-refractivity contribution in [2.75, 3.05) is 12.4 Å². The van der Waals surface area contributed by atoms with Crippen molar-refractivity contribution >= 4 is 49.1 Å². The summed E-state index contributed by atoms with van der Waals surface area (Å²) in [6, 6.07) is 10.4. The average Bonchev–Trinajstić information content (AvgIpc) is 2.83. The zero-order valence-corrected chi connectivity index (χ0v) is 15.3. The Morgan fingerprint density at radius 2 is 2.05 bits per heavy atom. The molecule has 0 aromatic heterocycles. The monoisotopic (exact) mass is 429 g/mol. The summed E-state index contributed by atoms with van der Waals surface area (Å²) in [6.07, 6.45) is 2.13. The van der Waals surface area contributed by atoms with Crippen LogP contribution in [0, 0.1) is 0 Å². The van der Waals surface area contributed by atoms with E-state index < -0.39 is 0 Å². The van der Waals surface area contributed by atoms with Gasteiger partial charge in [0, 0.05) is 9.50 Å². The molecule has 0 aliphatic heterocycles. The van der Waals surface area contributed by atoms with Gasteiger partial charge in [0.15, 0.2) is 5.75 Å². The number of fused-ring (bicyclic) bond motifs is 1. The SMILES string of the molecule is COc1c(Br)cc(Cl)cc1NC1CCc2c(Br)cccc21. The Morgan fingerprint density at radius 1 is 1.24 bits per heavy atom. The highest BCUT2D eigenvalue weighted by Gasteiger charge is 2.25. The van der Waals surface area contributed by atoms with Gasteiger partial charge in [-0.1, -0.05) is 39.7 Å². The van der Waals surface area contributed by atoms with Crippen LogP contribution in [0.4, 0.5) is 5.69 Å². The molecule has 1 aliphatic carbocycles. The molecule has 5 heteroatoms. The van der Waals surface area contributed by atoms with E-state index in [1.165, 1.54) is 15.6 Å². The molecule has 2 aromatic rings. The van der Waals surface area contributed by atoms with Crippen molar-refractivity contribution in [3.63, 3.8) is 0 Å². The first kappa shape index (κ1) is 15.2. The standard InChI is InChI=1S/C16H14Br2ClNO/c1-21-16-13(18)7-9(19)8-15(16)20-14-6-5-10-11(14)3-2-4-12(10)17/h2-4,7-8,14,20H,5-6H2,1H3. The number of anilines is 1. The van der Waals surface area contributed by atoms with Crippen molar-refractivity contribution in [2.24, 2.45) is 0 Å². The van der Waals surface area contributed by atoms with E-state index in [0.717, 1.165) is 28.8 Å². The lowest BCUT2D eigenvalue weighted by Gasteiger charge is -2.19. The van der Waals surface area contributed by atoms with Crippen molar-refractivity contribution in [1.29, 1.82) is 0 Å². The first-order chi connectivity index (χ1) is 10.1. The van der Waals surface area contributed by atoms with Gasteiger partial charge in [0.25, 0.3) is 0 Å². The zero-order chi connectivity index (χ0) is 15.0. The third-order valence-electron chi connectivity index (χ3n) is 3.76. The summed E-state index contributed by atoms with van der Waals surface area (Å²) in [7, 11) is 1.67. The van der Waals surface area contributed by atoms with E-state index in [1.807, 2.05) is 12.1 Å². The van der Waals surface area contributed by atoms with Gasteiger partial charge >= 0.3 is 0 Å². The number of benzene rings is 2. The van der Waals surface area contributed by atoms with Gasteiger partial charge in [0.05, 0.1) is 23.3 Å². The van der Waals surface area contributed by atoms with Crippen LogP contribution in [0.5, 0.6) is 5.75 Å². The van der Waals surface area contributed by atoms with Gasteiger partial charge in [-0.2, -0.15) is 0 Å². The molecule has 1 unspecified atom stereocenters. The van der Waals surface area contributed by atoms with Crippen LogP contribution in [0.3, 0.4) is 0 Å². The smallest absolute Gasteiger partial charge is 0.156 e. The van der Waals surface area contributed by atoms with Crippen LogP contribution in [-0.4, -0.2) is 7.11 Å². The minimum Gasteiger partial charge on any atom is -0.493 e. The van der Waals surface area contributed by atoms with E-state index in [1.54, 1.807) is 7.11 Å². The summed E-state index contributed by atoms with van der Waals surface area (Å²) >= 11 is 13.3. The van der Waals surface area contributed by atoms with Crippen LogP contribution in [0.15, 0.2) is 39.3 Å². The highest BCUT2D eigenvalue weighted by molar-refractivity contribution is 9.10. The third kappa shape index (κ3) is 2.94. The fourth-order valence-corrected chi connectivity index (χ4v) is 4.37. The summed E-state index contributed by atoms with van der Waals surface area (Å²) in [5, 5.41) is 4.24. The predicted molar refractivity (Wildman–Crippen MR) is 94.5 cm³/mol. The van der Waals surface area contributed by atoms with Gasteiger partial charge in [0.1, 0.15) is 0 Å². The molecule has 0 radical (unpaired) electrons. The van der Waals surface area contributed by atoms with Crippen LogP contribution in [0.1, 0.15) is 23.6 Å². The number of hydrogen-bond donors (Lipinski definition) is 1. The van der Waals surface area contributed by atoms with Crippen molar-refractivity contribution in [3.05, 3.63) is 55.4 Å². The summed E-state index contributed by atoms with van der Waals surface area (Å²) < 4.78 is 7.51. The third-order valence-corrected chi connectivity index (χ3v) is 5.31. The molecule has 1 N–H and O–H groups in total. The average molecular weight is 432 g/mol. The molecular weight excluding hydrogens is 417 g/mol. The van der Waals surface area contributed by atoms with E-state index in [0.29, 0.717) is 5.02 Å². The number of methoxy groups -OCH3 is 1. The minimum absolute atomic E-state index is 0.275. The molecule has 0 saturated heterocycles. The van der Waals surface area contributed by atoms with Crippen LogP contribution in [-0.2, 0) is 6.42 Å². The van der Waals surface area contributed by atoms with Crippen LogP contribution in [0.25, 0.3) is 0 Å². The zero-order valence-electron chi connectivity index (χ0n) is 11.4. The Hall–Kier alpha value is -0.710. The fraction of sp³-hybridized carbons (Fsp3) is 0.250.